The molecule has 1 fully saturated rings. The molecule has 0 atom stereocenters. The lowest BCUT2D eigenvalue weighted by atomic mass is 9.66. The van der Waals surface area contributed by atoms with Crippen LogP contribution in [-0.2, 0) is 22.0 Å². The molecule has 0 aliphatic heterocycles. The summed E-state index contributed by atoms with van der Waals surface area (Å²) in [4.78, 5) is 22.8. The molecule has 0 spiro atoms. The van der Waals surface area contributed by atoms with Crippen molar-refractivity contribution in [1.82, 2.24) is 4.57 Å². The van der Waals surface area contributed by atoms with Gasteiger partial charge in [-0.3, -0.25) is 4.79 Å². The molecule has 1 heterocycles. The number of rotatable bonds is 3. The molecule has 1 aliphatic rings. The number of hydrogen-bond donors (Lipinski definition) is 1. The van der Waals surface area contributed by atoms with Crippen molar-refractivity contribution in [2.75, 3.05) is 7.11 Å². The van der Waals surface area contributed by atoms with E-state index in [1.807, 2.05) is 0 Å². The molecule has 1 N–H and O–H groups in total. The quantitative estimate of drug-likeness (QED) is 0.805. The fourth-order valence-electron chi connectivity index (χ4n) is 2.41. The van der Waals surface area contributed by atoms with Gasteiger partial charge in [0.1, 0.15) is 11.1 Å². The Bertz CT molecular complexity index is 471. The topological polar surface area (TPSA) is 68.5 Å². The molecular formula is C12H15NO4. The van der Waals surface area contributed by atoms with Crippen LogP contribution in [0.1, 0.15) is 35.4 Å². The number of hydrogen-bond acceptors (Lipinski definition) is 3. The highest BCUT2D eigenvalue weighted by atomic mass is 16.5. The van der Waals surface area contributed by atoms with Crippen LogP contribution in [0.5, 0.6) is 0 Å². The zero-order chi connectivity index (χ0) is 12.6. The van der Waals surface area contributed by atoms with Crippen molar-refractivity contribution in [2.24, 2.45) is 7.05 Å². The molecule has 1 aromatic heterocycles. The molecule has 5 nitrogen and oxygen atoms in total. The van der Waals surface area contributed by atoms with E-state index in [-0.39, 0.29) is 0 Å². The van der Waals surface area contributed by atoms with Gasteiger partial charge in [0.15, 0.2) is 0 Å². The van der Waals surface area contributed by atoms with E-state index in [0.717, 1.165) is 6.42 Å². The van der Waals surface area contributed by atoms with E-state index >= 15 is 0 Å². The zero-order valence-corrected chi connectivity index (χ0v) is 9.90. The molecule has 0 aromatic carbocycles. The lowest BCUT2D eigenvalue weighted by molar-refractivity contribution is -0.147. The van der Waals surface area contributed by atoms with E-state index in [0.29, 0.717) is 24.2 Å². The average molecular weight is 237 g/mol. The Morgan fingerprint density at radius 2 is 2.06 bits per heavy atom. The predicted molar refractivity (Wildman–Crippen MR) is 59.9 cm³/mol. The van der Waals surface area contributed by atoms with Gasteiger partial charge in [-0.05, 0) is 25.0 Å². The van der Waals surface area contributed by atoms with Gasteiger partial charge in [0.05, 0.1) is 7.11 Å². The van der Waals surface area contributed by atoms with Crippen molar-refractivity contribution in [3.8, 4) is 0 Å². The third kappa shape index (κ3) is 1.53. The highest BCUT2D eigenvalue weighted by Gasteiger charge is 2.48. The maximum Gasteiger partial charge on any atom is 0.354 e. The van der Waals surface area contributed by atoms with Crippen LogP contribution in [0, 0.1) is 0 Å². The molecule has 1 saturated carbocycles. The number of methoxy groups -OCH3 is 1. The van der Waals surface area contributed by atoms with Gasteiger partial charge in [0, 0.05) is 12.7 Å². The van der Waals surface area contributed by atoms with Gasteiger partial charge in [-0.1, -0.05) is 6.42 Å². The lowest BCUT2D eigenvalue weighted by Crippen LogP contribution is -2.43. The minimum Gasteiger partial charge on any atom is -0.481 e. The number of carboxylic acid groups (broad SMARTS) is 1. The second kappa shape index (κ2) is 3.91. The van der Waals surface area contributed by atoms with Crippen molar-refractivity contribution in [3.05, 3.63) is 23.5 Å². The van der Waals surface area contributed by atoms with Crippen LogP contribution in [0.15, 0.2) is 12.1 Å². The molecule has 0 saturated heterocycles. The number of aliphatic carboxylic acids is 1. The summed E-state index contributed by atoms with van der Waals surface area (Å²) in [7, 11) is 3.01. The van der Waals surface area contributed by atoms with Gasteiger partial charge in [0.25, 0.3) is 0 Å². The molecule has 0 amide bonds. The Morgan fingerprint density at radius 1 is 1.41 bits per heavy atom. The number of nitrogens with zero attached hydrogens (tertiary/aromatic N) is 1. The van der Waals surface area contributed by atoms with Gasteiger partial charge in [-0.15, -0.1) is 0 Å². The summed E-state index contributed by atoms with van der Waals surface area (Å²) in [6.45, 7) is 0. The molecule has 1 aromatic rings. The van der Waals surface area contributed by atoms with E-state index in [2.05, 4.69) is 4.74 Å². The summed E-state index contributed by atoms with van der Waals surface area (Å²) in [5.74, 6) is -1.26. The first kappa shape index (κ1) is 11.7. The van der Waals surface area contributed by atoms with Crippen LogP contribution in [0.3, 0.4) is 0 Å². The first-order chi connectivity index (χ1) is 8.03. The third-order valence-corrected chi connectivity index (χ3v) is 3.62. The maximum absolute atomic E-state index is 11.5. The molecule has 0 radical (unpaired) electrons. The van der Waals surface area contributed by atoms with Crippen molar-refractivity contribution < 1.29 is 19.4 Å². The van der Waals surface area contributed by atoms with E-state index < -0.39 is 17.4 Å². The SMILES string of the molecule is COC(=O)c1ccc(C2(C(=O)O)CCC2)n1C. The number of carboxylic acids is 1. The van der Waals surface area contributed by atoms with Crippen molar-refractivity contribution in [2.45, 2.75) is 24.7 Å². The Labute approximate surface area is 99.0 Å². The fourth-order valence-corrected chi connectivity index (χ4v) is 2.41. The van der Waals surface area contributed by atoms with Gasteiger partial charge in [-0.2, -0.15) is 0 Å². The van der Waals surface area contributed by atoms with Crippen molar-refractivity contribution in [3.63, 3.8) is 0 Å². The second-order valence-electron chi connectivity index (χ2n) is 4.40. The first-order valence-electron chi connectivity index (χ1n) is 5.51. The molecular weight excluding hydrogens is 222 g/mol. The number of esters is 1. The van der Waals surface area contributed by atoms with Gasteiger partial charge in [0.2, 0.25) is 0 Å². The van der Waals surface area contributed by atoms with Gasteiger partial charge >= 0.3 is 11.9 Å². The monoisotopic (exact) mass is 237 g/mol. The van der Waals surface area contributed by atoms with E-state index in [4.69, 9.17) is 0 Å². The van der Waals surface area contributed by atoms with E-state index in [9.17, 15) is 14.7 Å². The maximum atomic E-state index is 11.5. The van der Waals surface area contributed by atoms with Crippen LogP contribution in [-0.4, -0.2) is 28.7 Å². The summed E-state index contributed by atoms with van der Waals surface area (Å²) in [5, 5.41) is 9.34. The van der Waals surface area contributed by atoms with Crippen molar-refractivity contribution >= 4 is 11.9 Å². The molecule has 92 valence electrons. The van der Waals surface area contributed by atoms with Gasteiger partial charge < -0.3 is 14.4 Å². The van der Waals surface area contributed by atoms with Crippen LogP contribution in [0.25, 0.3) is 0 Å². The van der Waals surface area contributed by atoms with Crippen LogP contribution in [0.4, 0.5) is 0 Å². The lowest BCUT2D eigenvalue weighted by Gasteiger charge is -2.38. The molecule has 0 unspecified atom stereocenters. The Hall–Kier alpha value is -1.78. The molecule has 1 aliphatic carbocycles. The molecule has 5 heteroatoms. The number of ether oxygens (including phenoxy) is 1. The van der Waals surface area contributed by atoms with E-state index in [1.54, 1.807) is 23.7 Å². The largest absolute Gasteiger partial charge is 0.481 e. The fraction of sp³-hybridized carbons (Fsp3) is 0.500. The van der Waals surface area contributed by atoms with Crippen LogP contribution >= 0.6 is 0 Å². The minimum atomic E-state index is -0.818. The summed E-state index contributed by atoms with van der Waals surface area (Å²) >= 11 is 0. The van der Waals surface area contributed by atoms with Gasteiger partial charge in [-0.25, -0.2) is 4.79 Å². The summed E-state index contributed by atoms with van der Waals surface area (Å²) < 4.78 is 6.27. The number of aromatic nitrogens is 1. The smallest absolute Gasteiger partial charge is 0.354 e. The molecule has 0 bridgehead atoms. The first-order valence-corrected chi connectivity index (χ1v) is 5.51. The van der Waals surface area contributed by atoms with Crippen LogP contribution < -0.4 is 0 Å². The number of carbonyl (C=O) groups is 2. The Morgan fingerprint density at radius 3 is 2.47 bits per heavy atom. The number of carbonyl (C=O) groups excluding carboxylic acids is 1. The predicted octanol–water partition coefficient (Wildman–Crippen LogP) is 1.32. The Kier molecular flexibility index (Phi) is 2.69. The molecule has 2 rings (SSSR count). The Balaban J connectivity index is 2.44. The van der Waals surface area contributed by atoms with Crippen LogP contribution in [0.2, 0.25) is 0 Å². The highest BCUT2D eigenvalue weighted by molar-refractivity contribution is 5.89. The third-order valence-electron chi connectivity index (χ3n) is 3.62. The average Bonchev–Trinajstić information content (AvgIpc) is 2.58. The minimum absolute atomic E-state index is 0.384. The molecule has 17 heavy (non-hydrogen) atoms. The highest BCUT2D eigenvalue weighted by Crippen LogP contribution is 2.44. The second-order valence-corrected chi connectivity index (χ2v) is 4.40. The van der Waals surface area contributed by atoms with E-state index in [1.165, 1.54) is 7.11 Å². The summed E-state index contributed by atoms with van der Waals surface area (Å²) in [5.41, 5.74) is 0.243. The normalized spacial score (nSPS) is 17.3. The zero-order valence-electron chi connectivity index (χ0n) is 9.90. The summed E-state index contributed by atoms with van der Waals surface area (Å²) in [6, 6.07) is 3.32. The standard InChI is InChI=1S/C12H15NO4/c1-13-8(10(14)17-2)4-5-9(13)12(11(15)16)6-3-7-12/h4-5H,3,6-7H2,1-2H3,(H,15,16). The van der Waals surface area contributed by atoms with Crippen molar-refractivity contribution in [1.29, 1.82) is 0 Å². The summed E-state index contributed by atoms with van der Waals surface area (Å²) in [6.07, 6.45) is 2.16.